The lowest BCUT2D eigenvalue weighted by atomic mass is 9.33. The number of carbonyl (C=O) groups excluding carboxylic acids is 1. The molecular formula is C30H48O. The summed E-state index contributed by atoms with van der Waals surface area (Å²) in [5, 5.41) is 0. The average Bonchev–Trinajstić information content (AvgIpc) is 3.05. The van der Waals surface area contributed by atoms with Gasteiger partial charge in [-0.2, -0.15) is 0 Å². The summed E-state index contributed by atoms with van der Waals surface area (Å²) in [6, 6.07) is 0. The monoisotopic (exact) mass is 424 g/mol. The lowest BCUT2D eigenvalue weighted by Gasteiger charge is -2.71. The summed E-state index contributed by atoms with van der Waals surface area (Å²) in [7, 11) is 0. The molecule has 174 valence electrons. The minimum Gasteiger partial charge on any atom is -0.299 e. The maximum absolute atomic E-state index is 12.8. The van der Waals surface area contributed by atoms with Crippen LogP contribution in [0.1, 0.15) is 113 Å². The van der Waals surface area contributed by atoms with Crippen LogP contribution in [-0.2, 0) is 4.79 Å². The predicted molar refractivity (Wildman–Crippen MR) is 130 cm³/mol. The third kappa shape index (κ3) is 2.53. The van der Waals surface area contributed by atoms with Gasteiger partial charge in [-0.25, -0.2) is 0 Å². The molecule has 0 saturated heterocycles. The smallest absolute Gasteiger partial charge is 0.142 e. The van der Waals surface area contributed by atoms with Gasteiger partial charge in [0.2, 0.25) is 0 Å². The Morgan fingerprint density at radius 2 is 1.42 bits per heavy atom. The van der Waals surface area contributed by atoms with Crippen LogP contribution in [0.3, 0.4) is 0 Å². The molecule has 0 aromatic carbocycles. The van der Waals surface area contributed by atoms with E-state index in [1.807, 2.05) is 0 Å². The van der Waals surface area contributed by atoms with Crippen molar-refractivity contribution in [3.05, 3.63) is 11.6 Å². The summed E-state index contributed by atoms with van der Waals surface area (Å²) in [5.74, 6) is 4.50. The van der Waals surface area contributed by atoms with E-state index in [1.54, 1.807) is 0 Å². The van der Waals surface area contributed by atoms with Crippen LogP contribution < -0.4 is 0 Å². The zero-order valence-corrected chi connectivity index (χ0v) is 21.7. The fraction of sp³-hybridized carbons (Fsp3) is 0.900. The molecule has 5 rings (SSSR count). The highest BCUT2D eigenvalue weighted by Crippen LogP contribution is 2.77. The minimum atomic E-state index is -0.236. The van der Waals surface area contributed by atoms with Crippen LogP contribution in [0.15, 0.2) is 11.6 Å². The van der Waals surface area contributed by atoms with Crippen LogP contribution in [0.5, 0.6) is 0 Å². The molecule has 0 bridgehead atoms. The van der Waals surface area contributed by atoms with Crippen molar-refractivity contribution in [3.63, 3.8) is 0 Å². The minimum absolute atomic E-state index is 0.236. The second-order valence-electron chi connectivity index (χ2n) is 14.4. The van der Waals surface area contributed by atoms with Gasteiger partial charge in [0.1, 0.15) is 5.78 Å². The van der Waals surface area contributed by atoms with Gasteiger partial charge in [0, 0.05) is 11.8 Å². The number of ketones is 1. The third-order valence-corrected chi connectivity index (χ3v) is 13.0. The quantitative estimate of drug-likeness (QED) is 0.387. The number of rotatable bonds is 1. The van der Waals surface area contributed by atoms with Gasteiger partial charge in [0.15, 0.2) is 0 Å². The number of hydrogen-bond acceptors (Lipinski definition) is 1. The van der Waals surface area contributed by atoms with E-state index in [0.29, 0.717) is 33.4 Å². The van der Waals surface area contributed by atoms with Crippen molar-refractivity contribution in [1.82, 2.24) is 0 Å². The Balaban J connectivity index is 1.55. The molecule has 5 aliphatic rings. The Morgan fingerprint density at radius 1 is 0.806 bits per heavy atom. The molecule has 0 spiro atoms. The van der Waals surface area contributed by atoms with E-state index in [1.165, 1.54) is 50.5 Å². The van der Waals surface area contributed by atoms with Gasteiger partial charge in [-0.3, -0.25) is 4.79 Å². The van der Waals surface area contributed by atoms with Crippen molar-refractivity contribution in [2.24, 2.45) is 56.7 Å². The number of allylic oxidation sites excluding steroid dienone is 2. The molecular weight excluding hydrogens is 376 g/mol. The summed E-state index contributed by atoms with van der Waals surface area (Å²) >= 11 is 0. The van der Waals surface area contributed by atoms with E-state index in [4.69, 9.17) is 0 Å². The summed E-state index contributed by atoms with van der Waals surface area (Å²) in [4.78, 5) is 12.8. The van der Waals surface area contributed by atoms with E-state index in [-0.39, 0.29) is 5.41 Å². The highest BCUT2D eigenvalue weighted by Gasteiger charge is 2.70. The highest BCUT2D eigenvalue weighted by molar-refractivity contribution is 5.88. The predicted octanol–water partition coefficient (Wildman–Crippen LogP) is 8.23. The molecule has 8 atom stereocenters. The van der Waals surface area contributed by atoms with Crippen LogP contribution in [0.2, 0.25) is 0 Å². The van der Waals surface area contributed by atoms with Gasteiger partial charge in [-0.1, -0.05) is 53.2 Å². The standard InChI is InChI=1S/C30H48O/c1-19(2)20-9-12-23-27(20,5)15-17-30(8)24-13-10-21-22(11-14-25(31)26(21,3)4)28(24,6)16-18-29(23,30)7/h10,19-20,22-24H,9,11-18H2,1-8H3/t20-,22-,23-,24+,27-,28+,29+,30-/m1/s1. The van der Waals surface area contributed by atoms with E-state index in [2.05, 4.69) is 61.5 Å². The molecule has 31 heavy (non-hydrogen) atoms. The van der Waals surface area contributed by atoms with Crippen molar-refractivity contribution in [2.75, 3.05) is 0 Å². The molecule has 0 amide bonds. The highest BCUT2D eigenvalue weighted by atomic mass is 16.1. The zero-order chi connectivity index (χ0) is 22.6. The first-order chi connectivity index (χ1) is 14.3. The molecule has 1 heteroatoms. The molecule has 0 radical (unpaired) electrons. The Bertz CT molecular complexity index is 818. The normalized spacial score (nSPS) is 53.3. The van der Waals surface area contributed by atoms with Gasteiger partial charge in [-0.05, 0) is 116 Å². The van der Waals surface area contributed by atoms with Crippen LogP contribution in [0.25, 0.3) is 0 Å². The third-order valence-electron chi connectivity index (χ3n) is 13.0. The summed E-state index contributed by atoms with van der Waals surface area (Å²) in [6.07, 6.45) is 14.2. The zero-order valence-electron chi connectivity index (χ0n) is 21.7. The summed E-state index contributed by atoms with van der Waals surface area (Å²) in [6.45, 7) is 20.1. The maximum Gasteiger partial charge on any atom is 0.142 e. The Hall–Kier alpha value is -0.590. The number of fused-ring (bicyclic) bond motifs is 7. The second-order valence-corrected chi connectivity index (χ2v) is 14.4. The lowest BCUT2D eigenvalue weighted by molar-refractivity contribution is -0.212. The van der Waals surface area contributed by atoms with E-state index in [0.717, 1.165) is 36.5 Å². The van der Waals surface area contributed by atoms with E-state index in [9.17, 15) is 4.79 Å². The Morgan fingerprint density at radius 3 is 2.06 bits per heavy atom. The van der Waals surface area contributed by atoms with Gasteiger partial charge in [-0.15, -0.1) is 0 Å². The van der Waals surface area contributed by atoms with Crippen molar-refractivity contribution in [2.45, 2.75) is 113 Å². The largest absolute Gasteiger partial charge is 0.299 e. The topological polar surface area (TPSA) is 17.1 Å². The molecule has 1 nitrogen and oxygen atoms in total. The van der Waals surface area contributed by atoms with E-state index < -0.39 is 0 Å². The summed E-state index contributed by atoms with van der Waals surface area (Å²) < 4.78 is 0. The first-order valence-electron chi connectivity index (χ1n) is 13.6. The maximum atomic E-state index is 12.8. The molecule has 0 aromatic rings. The van der Waals surface area contributed by atoms with Gasteiger partial charge in [0.25, 0.3) is 0 Å². The first kappa shape index (κ1) is 22.2. The molecule has 4 fully saturated rings. The first-order valence-corrected chi connectivity index (χ1v) is 13.6. The molecule has 0 unspecified atom stereocenters. The molecule has 0 aliphatic heterocycles. The SMILES string of the molecule is CC(C)[C@H]1CC[C@@H]2[C@]1(C)CC[C@]1(C)[C@H]3CC=C4[C@@H](CCC(=O)C4(C)C)[C@]3(C)CC[C@@]21C. The molecule has 5 aliphatic carbocycles. The van der Waals surface area contributed by atoms with E-state index >= 15 is 0 Å². The molecule has 0 N–H and O–H groups in total. The van der Waals surface area contributed by atoms with Gasteiger partial charge < -0.3 is 0 Å². The molecule has 0 heterocycles. The van der Waals surface area contributed by atoms with Crippen molar-refractivity contribution in [3.8, 4) is 0 Å². The molecule has 0 aromatic heterocycles. The van der Waals surface area contributed by atoms with Crippen LogP contribution in [0, 0.1) is 56.7 Å². The Labute approximate surface area is 192 Å². The fourth-order valence-electron chi connectivity index (χ4n) is 11.1. The number of carbonyl (C=O) groups is 1. The fourth-order valence-corrected chi connectivity index (χ4v) is 11.1. The van der Waals surface area contributed by atoms with Crippen LogP contribution in [0.4, 0.5) is 0 Å². The summed E-state index contributed by atoms with van der Waals surface area (Å²) in [5.41, 5.74) is 3.10. The lowest BCUT2D eigenvalue weighted by Crippen LogP contribution is -2.64. The van der Waals surface area contributed by atoms with Crippen molar-refractivity contribution >= 4 is 5.78 Å². The van der Waals surface area contributed by atoms with Crippen LogP contribution >= 0.6 is 0 Å². The number of Topliss-reactive ketones (excluding diaryl/α,β-unsaturated/α-hetero) is 1. The molecule has 4 saturated carbocycles. The average molecular weight is 425 g/mol. The second kappa shape index (κ2) is 6.50. The van der Waals surface area contributed by atoms with Crippen molar-refractivity contribution < 1.29 is 4.79 Å². The van der Waals surface area contributed by atoms with Gasteiger partial charge >= 0.3 is 0 Å². The number of hydrogen-bond donors (Lipinski definition) is 0. The Kier molecular flexibility index (Phi) is 4.66. The van der Waals surface area contributed by atoms with Crippen LogP contribution in [-0.4, -0.2) is 5.78 Å². The van der Waals surface area contributed by atoms with Crippen molar-refractivity contribution in [1.29, 1.82) is 0 Å². The van der Waals surface area contributed by atoms with Gasteiger partial charge in [0.05, 0.1) is 0 Å².